The van der Waals surface area contributed by atoms with E-state index < -0.39 is 0 Å². The van der Waals surface area contributed by atoms with Crippen LogP contribution in [0.4, 0.5) is 5.82 Å². The molecule has 3 heteroatoms. The van der Waals surface area contributed by atoms with Crippen molar-refractivity contribution in [1.29, 1.82) is 0 Å². The van der Waals surface area contributed by atoms with Crippen LogP contribution < -0.4 is 10.2 Å². The van der Waals surface area contributed by atoms with Crippen LogP contribution in [0.5, 0.6) is 0 Å². The summed E-state index contributed by atoms with van der Waals surface area (Å²) in [4.78, 5) is 7.16. The third-order valence-corrected chi connectivity index (χ3v) is 4.34. The number of aromatic nitrogens is 1. The smallest absolute Gasteiger partial charge is 0.133 e. The fourth-order valence-electron chi connectivity index (χ4n) is 2.22. The molecule has 1 heterocycles. The summed E-state index contributed by atoms with van der Waals surface area (Å²) >= 11 is 0. The lowest BCUT2D eigenvalue weighted by atomic mass is 9.98. The maximum Gasteiger partial charge on any atom is 0.133 e. The van der Waals surface area contributed by atoms with E-state index in [1.54, 1.807) is 0 Å². The minimum atomic E-state index is 0.101. The predicted octanol–water partition coefficient (Wildman–Crippen LogP) is 4.21. The molecular weight excluding hydrogens is 258 g/mol. The summed E-state index contributed by atoms with van der Waals surface area (Å²) in [7, 11) is 2.16. The normalized spacial score (nSPS) is 12.6. The lowest BCUT2D eigenvalue weighted by Crippen LogP contribution is -2.42. The Hall–Kier alpha value is -1.09. The Labute approximate surface area is 131 Å². The second-order valence-electron chi connectivity index (χ2n) is 7.71. The van der Waals surface area contributed by atoms with Crippen LogP contribution in [0.15, 0.2) is 6.07 Å². The quantitative estimate of drug-likeness (QED) is 0.880. The number of nitrogens with zero attached hydrogens (tertiary/aromatic N) is 2. The van der Waals surface area contributed by atoms with E-state index in [-0.39, 0.29) is 11.1 Å². The number of anilines is 1. The SMILES string of the molecule is CCC(C)(C)N(C)c1nc(C)cc(C)c1CNC(C)(C)C. The molecule has 3 nitrogen and oxygen atoms in total. The molecule has 120 valence electrons. The van der Waals surface area contributed by atoms with E-state index in [1.165, 1.54) is 11.1 Å². The summed E-state index contributed by atoms with van der Waals surface area (Å²) in [5.41, 5.74) is 3.91. The van der Waals surface area contributed by atoms with Crippen LogP contribution >= 0.6 is 0 Å². The molecule has 0 saturated heterocycles. The summed E-state index contributed by atoms with van der Waals surface area (Å²) in [5, 5.41) is 3.60. The number of aryl methyl sites for hydroxylation is 2. The maximum absolute atomic E-state index is 4.83. The van der Waals surface area contributed by atoms with Crippen LogP contribution in [0.2, 0.25) is 0 Å². The Morgan fingerprint density at radius 3 is 2.19 bits per heavy atom. The summed E-state index contributed by atoms with van der Waals surface area (Å²) in [6.45, 7) is 18.5. The molecule has 0 aliphatic carbocycles. The Kier molecular flexibility index (Phi) is 5.43. The van der Waals surface area contributed by atoms with Crippen molar-refractivity contribution in [3.63, 3.8) is 0 Å². The van der Waals surface area contributed by atoms with Crippen molar-refractivity contribution in [2.45, 2.75) is 79.4 Å². The fourth-order valence-corrected chi connectivity index (χ4v) is 2.22. The number of hydrogen-bond acceptors (Lipinski definition) is 3. The van der Waals surface area contributed by atoms with Gasteiger partial charge in [-0.1, -0.05) is 6.92 Å². The second kappa shape index (κ2) is 6.35. The number of pyridine rings is 1. The molecular formula is C18H33N3. The highest BCUT2D eigenvalue weighted by atomic mass is 15.2. The monoisotopic (exact) mass is 291 g/mol. The minimum Gasteiger partial charge on any atom is -0.354 e. The van der Waals surface area contributed by atoms with Crippen LogP contribution in [0.25, 0.3) is 0 Å². The van der Waals surface area contributed by atoms with Gasteiger partial charge in [-0.25, -0.2) is 4.98 Å². The van der Waals surface area contributed by atoms with Gasteiger partial charge in [-0.3, -0.25) is 0 Å². The van der Waals surface area contributed by atoms with Crippen molar-refractivity contribution >= 4 is 5.82 Å². The van der Waals surface area contributed by atoms with E-state index in [0.29, 0.717) is 0 Å². The molecule has 1 aromatic rings. The molecule has 0 aromatic carbocycles. The van der Waals surface area contributed by atoms with Gasteiger partial charge in [0.05, 0.1) is 0 Å². The summed E-state index contributed by atoms with van der Waals surface area (Å²) in [6.07, 6.45) is 1.09. The van der Waals surface area contributed by atoms with Gasteiger partial charge in [0.2, 0.25) is 0 Å². The van der Waals surface area contributed by atoms with Gasteiger partial charge in [0.15, 0.2) is 0 Å². The average Bonchev–Trinajstić information content (AvgIpc) is 2.34. The molecule has 21 heavy (non-hydrogen) atoms. The first-order valence-electron chi connectivity index (χ1n) is 7.94. The van der Waals surface area contributed by atoms with Crippen LogP contribution in [0.3, 0.4) is 0 Å². The lowest BCUT2D eigenvalue weighted by Gasteiger charge is -2.38. The van der Waals surface area contributed by atoms with Gasteiger partial charge in [-0.05, 0) is 66.5 Å². The third kappa shape index (κ3) is 4.70. The number of hydrogen-bond donors (Lipinski definition) is 1. The van der Waals surface area contributed by atoms with Crippen molar-refractivity contribution in [3.8, 4) is 0 Å². The van der Waals surface area contributed by atoms with Gasteiger partial charge in [-0.15, -0.1) is 0 Å². The molecule has 0 aliphatic heterocycles. The zero-order valence-corrected chi connectivity index (χ0v) is 15.4. The molecule has 0 unspecified atom stereocenters. The van der Waals surface area contributed by atoms with Gasteiger partial charge >= 0.3 is 0 Å². The van der Waals surface area contributed by atoms with E-state index >= 15 is 0 Å². The molecule has 1 rings (SSSR count). The number of nitrogens with one attached hydrogen (secondary N) is 1. The fraction of sp³-hybridized carbons (Fsp3) is 0.722. The number of rotatable bonds is 5. The van der Waals surface area contributed by atoms with Crippen LogP contribution in [-0.2, 0) is 6.54 Å². The maximum atomic E-state index is 4.83. The van der Waals surface area contributed by atoms with E-state index in [2.05, 4.69) is 78.7 Å². The molecule has 0 aliphatic rings. The highest BCUT2D eigenvalue weighted by molar-refractivity contribution is 5.52. The van der Waals surface area contributed by atoms with Gasteiger partial charge in [0.1, 0.15) is 5.82 Å². The van der Waals surface area contributed by atoms with Gasteiger partial charge < -0.3 is 10.2 Å². The molecule has 1 aromatic heterocycles. The van der Waals surface area contributed by atoms with E-state index in [4.69, 9.17) is 4.98 Å². The Morgan fingerprint density at radius 1 is 1.14 bits per heavy atom. The molecule has 0 atom stereocenters. The molecule has 0 bridgehead atoms. The first-order chi connectivity index (χ1) is 9.48. The Morgan fingerprint density at radius 2 is 1.71 bits per heavy atom. The largest absolute Gasteiger partial charge is 0.354 e. The second-order valence-corrected chi connectivity index (χ2v) is 7.71. The third-order valence-electron chi connectivity index (χ3n) is 4.34. The lowest BCUT2D eigenvalue weighted by molar-refractivity contribution is 0.420. The minimum absolute atomic E-state index is 0.101. The highest BCUT2D eigenvalue weighted by Crippen LogP contribution is 2.29. The standard InChI is InChI=1S/C18H33N3/c1-10-18(7,8)21(9)16-15(12-19-17(4,5)6)13(2)11-14(3)20-16/h11,19H,10,12H2,1-9H3. The van der Waals surface area contributed by atoms with E-state index in [9.17, 15) is 0 Å². The zero-order valence-electron chi connectivity index (χ0n) is 15.4. The zero-order chi connectivity index (χ0) is 16.4. The van der Waals surface area contributed by atoms with E-state index in [0.717, 1.165) is 24.5 Å². The van der Waals surface area contributed by atoms with Crippen molar-refractivity contribution in [2.75, 3.05) is 11.9 Å². The summed E-state index contributed by atoms with van der Waals surface area (Å²) < 4.78 is 0. The average molecular weight is 291 g/mol. The molecule has 0 fully saturated rings. The van der Waals surface area contributed by atoms with Crippen LogP contribution in [-0.4, -0.2) is 23.1 Å². The molecule has 0 radical (unpaired) electrons. The van der Waals surface area contributed by atoms with Crippen molar-refractivity contribution in [2.24, 2.45) is 0 Å². The van der Waals surface area contributed by atoms with E-state index in [1.807, 2.05) is 0 Å². The topological polar surface area (TPSA) is 28.2 Å². The summed E-state index contributed by atoms with van der Waals surface area (Å²) in [5.74, 6) is 1.11. The Balaban J connectivity index is 3.23. The molecule has 1 N–H and O–H groups in total. The van der Waals surface area contributed by atoms with Crippen molar-refractivity contribution in [3.05, 3.63) is 22.9 Å². The molecule has 0 amide bonds. The van der Waals surface area contributed by atoms with Gasteiger partial charge in [0, 0.05) is 35.9 Å². The van der Waals surface area contributed by atoms with Crippen LogP contribution in [0, 0.1) is 13.8 Å². The predicted molar refractivity (Wildman–Crippen MR) is 93.1 cm³/mol. The van der Waals surface area contributed by atoms with Gasteiger partial charge in [-0.2, -0.15) is 0 Å². The Bertz CT molecular complexity index is 484. The van der Waals surface area contributed by atoms with Crippen molar-refractivity contribution < 1.29 is 0 Å². The first kappa shape index (κ1) is 18.0. The van der Waals surface area contributed by atoms with Gasteiger partial charge in [0.25, 0.3) is 0 Å². The highest BCUT2D eigenvalue weighted by Gasteiger charge is 2.25. The molecule has 0 saturated carbocycles. The summed E-state index contributed by atoms with van der Waals surface area (Å²) in [6, 6.07) is 2.18. The first-order valence-corrected chi connectivity index (χ1v) is 7.94. The van der Waals surface area contributed by atoms with Crippen molar-refractivity contribution in [1.82, 2.24) is 10.3 Å². The molecule has 0 spiro atoms. The van der Waals surface area contributed by atoms with Crippen LogP contribution in [0.1, 0.15) is 64.8 Å².